The minimum absolute atomic E-state index is 0.0635. The Balaban J connectivity index is 2.04. The quantitative estimate of drug-likeness (QED) is 0.463. The second-order valence-electron chi connectivity index (χ2n) is 4.55. The van der Waals surface area contributed by atoms with E-state index in [-0.39, 0.29) is 22.3 Å². The Labute approximate surface area is 148 Å². The maximum Gasteiger partial charge on any atom is 0.340 e. The molecule has 1 amide bonds. The van der Waals surface area contributed by atoms with Gasteiger partial charge in [0.05, 0.1) is 16.7 Å². The topological polar surface area (TPSA) is 83.3 Å². The Kier molecular flexibility index (Phi) is 6.13. The highest BCUT2D eigenvalue weighted by Crippen LogP contribution is 2.20. The summed E-state index contributed by atoms with van der Waals surface area (Å²) in [6.07, 6.45) is 1.20. The van der Waals surface area contributed by atoms with Crippen molar-refractivity contribution in [2.24, 2.45) is 0 Å². The van der Waals surface area contributed by atoms with Crippen LogP contribution in [0, 0.1) is 11.3 Å². The van der Waals surface area contributed by atoms with Crippen LogP contribution < -0.4 is 4.90 Å². The molecule has 8 heteroatoms. The van der Waals surface area contributed by atoms with Crippen LogP contribution in [0.4, 0.5) is 5.69 Å². The molecule has 24 heavy (non-hydrogen) atoms. The first-order valence-electron chi connectivity index (χ1n) is 6.73. The molecule has 1 heterocycles. The smallest absolute Gasteiger partial charge is 0.340 e. The van der Waals surface area contributed by atoms with Crippen LogP contribution in [0.5, 0.6) is 0 Å². The van der Waals surface area contributed by atoms with Crippen molar-refractivity contribution in [2.75, 3.05) is 18.1 Å². The van der Waals surface area contributed by atoms with E-state index in [0.717, 1.165) is 0 Å². The number of carbonyl (C=O) groups excluding carboxylic acids is 2. The van der Waals surface area contributed by atoms with E-state index in [1.54, 1.807) is 30.3 Å². The van der Waals surface area contributed by atoms with Crippen molar-refractivity contribution >= 4 is 40.8 Å². The molecule has 0 aliphatic heterocycles. The van der Waals surface area contributed by atoms with Gasteiger partial charge in [0.25, 0.3) is 5.91 Å². The van der Waals surface area contributed by atoms with Gasteiger partial charge >= 0.3 is 5.97 Å². The molecule has 0 aliphatic carbocycles. The number of hydrogen-bond acceptors (Lipinski definition) is 5. The molecule has 0 atom stereocenters. The van der Waals surface area contributed by atoms with Crippen molar-refractivity contribution in [1.29, 1.82) is 5.26 Å². The summed E-state index contributed by atoms with van der Waals surface area (Å²) < 4.78 is 4.95. The lowest BCUT2D eigenvalue weighted by Crippen LogP contribution is -2.35. The number of rotatable bonds is 5. The monoisotopic (exact) mass is 363 g/mol. The first-order valence-corrected chi connectivity index (χ1v) is 7.49. The molecule has 0 radical (unpaired) electrons. The van der Waals surface area contributed by atoms with Crippen LogP contribution in [0.1, 0.15) is 10.4 Å². The predicted molar refractivity (Wildman–Crippen MR) is 88.9 cm³/mol. The van der Waals surface area contributed by atoms with Gasteiger partial charge in [-0.1, -0.05) is 41.4 Å². The van der Waals surface area contributed by atoms with E-state index in [0.29, 0.717) is 5.69 Å². The lowest BCUT2D eigenvalue weighted by Gasteiger charge is -2.19. The molecule has 0 N–H and O–H groups in total. The minimum atomic E-state index is -0.764. The molecule has 0 saturated carbocycles. The van der Waals surface area contributed by atoms with E-state index in [1.807, 2.05) is 6.07 Å². The van der Waals surface area contributed by atoms with Crippen molar-refractivity contribution < 1.29 is 14.3 Å². The number of halogens is 2. The summed E-state index contributed by atoms with van der Waals surface area (Å²) in [6, 6.07) is 11.8. The molecule has 1 aromatic carbocycles. The maximum atomic E-state index is 12.2. The molecule has 0 fully saturated rings. The third-order valence-corrected chi connectivity index (χ3v) is 3.64. The van der Waals surface area contributed by atoms with Gasteiger partial charge < -0.3 is 4.74 Å². The van der Waals surface area contributed by atoms with Crippen molar-refractivity contribution in [1.82, 2.24) is 4.98 Å². The maximum absolute atomic E-state index is 12.2. The number of esters is 1. The van der Waals surface area contributed by atoms with E-state index in [1.165, 1.54) is 17.2 Å². The lowest BCUT2D eigenvalue weighted by atomic mass is 10.3. The number of ether oxygens (including phenoxy) is 1. The first-order chi connectivity index (χ1) is 11.5. The van der Waals surface area contributed by atoms with E-state index >= 15 is 0 Å². The van der Waals surface area contributed by atoms with Gasteiger partial charge in [-0.05, 0) is 18.2 Å². The van der Waals surface area contributed by atoms with Gasteiger partial charge in [-0.15, -0.1) is 0 Å². The number of aromatic nitrogens is 1. The highest BCUT2D eigenvalue weighted by atomic mass is 35.5. The average molecular weight is 364 g/mol. The summed E-state index contributed by atoms with van der Waals surface area (Å²) in [5, 5.41) is 9.04. The van der Waals surface area contributed by atoms with Crippen molar-refractivity contribution in [3.63, 3.8) is 0 Å². The molecule has 0 aliphatic rings. The number of nitrogens with zero attached hydrogens (tertiary/aromatic N) is 3. The number of pyridine rings is 1. The number of nitriles is 1. The zero-order chi connectivity index (χ0) is 17.5. The number of para-hydroxylation sites is 1. The summed E-state index contributed by atoms with van der Waals surface area (Å²) in [6.45, 7) is -0.676. The van der Waals surface area contributed by atoms with Gasteiger partial charge in [0.2, 0.25) is 0 Å². The summed E-state index contributed by atoms with van der Waals surface area (Å²) in [5.41, 5.74) is 0.611. The number of benzene rings is 1. The predicted octanol–water partition coefficient (Wildman–Crippen LogP) is 3.10. The van der Waals surface area contributed by atoms with Crippen LogP contribution in [0.2, 0.25) is 10.2 Å². The lowest BCUT2D eigenvalue weighted by molar-refractivity contribution is -0.121. The van der Waals surface area contributed by atoms with Crippen LogP contribution in [0.25, 0.3) is 0 Å². The second-order valence-corrected chi connectivity index (χ2v) is 5.31. The van der Waals surface area contributed by atoms with E-state index in [2.05, 4.69) is 4.98 Å². The van der Waals surface area contributed by atoms with E-state index < -0.39 is 18.5 Å². The number of amides is 1. The first kappa shape index (κ1) is 17.7. The van der Waals surface area contributed by atoms with Gasteiger partial charge in [0.15, 0.2) is 6.61 Å². The number of hydrogen-bond donors (Lipinski definition) is 0. The van der Waals surface area contributed by atoms with Gasteiger partial charge in [-0.25, -0.2) is 9.78 Å². The fourth-order valence-electron chi connectivity index (χ4n) is 1.82. The van der Waals surface area contributed by atoms with Crippen LogP contribution in [-0.2, 0) is 9.53 Å². The van der Waals surface area contributed by atoms with Crippen molar-refractivity contribution in [2.45, 2.75) is 0 Å². The molecule has 0 bridgehead atoms. The SMILES string of the molecule is N#CCN(C(=O)COC(=O)c1cnc(Cl)c(Cl)c1)c1ccccc1. The summed E-state index contributed by atoms with van der Waals surface area (Å²) in [4.78, 5) is 29.1. The molecule has 0 saturated heterocycles. The van der Waals surface area contributed by atoms with Gasteiger partial charge in [0, 0.05) is 11.9 Å². The summed E-state index contributed by atoms with van der Waals surface area (Å²) in [5.74, 6) is -1.29. The fourth-order valence-corrected chi connectivity index (χ4v) is 2.09. The summed E-state index contributed by atoms with van der Waals surface area (Å²) >= 11 is 11.4. The van der Waals surface area contributed by atoms with Crippen LogP contribution in [-0.4, -0.2) is 30.0 Å². The Bertz CT molecular complexity index is 791. The molecule has 6 nitrogen and oxygen atoms in total. The Morgan fingerprint density at radius 1 is 1.25 bits per heavy atom. The zero-order valence-corrected chi connectivity index (χ0v) is 13.8. The Hall–Kier alpha value is -2.62. The zero-order valence-electron chi connectivity index (χ0n) is 12.3. The molecule has 0 spiro atoms. The Morgan fingerprint density at radius 2 is 1.96 bits per heavy atom. The molecular weight excluding hydrogens is 353 g/mol. The second kappa shape index (κ2) is 8.29. The molecule has 122 valence electrons. The number of carbonyl (C=O) groups is 2. The normalized spacial score (nSPS) is 9.88. The van der Waals surface area contributed by atoms with Gasteiger partial charge in [-0.3, -0.25) is 9.69 Å². The van der Waals surface area contributed by atoms with Crippen LogP contribution in [0.3, 0.4) is 0 Å². The van der Waals surface area contributed by atoms with E-state index in [9.17, 15) is 9.59 Å². The molecule has 1 aromatic heterocycles. The fraction of sp³-hybridized carbons (Fsp3) is 0.125. The molecule has 0 unspecified atom stereocenters. The van der Waals surface area contributed by atoms with Crippen molar-refractivity contribution in [3.05, 3.63) is 58.3 Å². The Morgan fingerprint density at radius 3 is 2.58 bits per heavy atom. The highest BCUT2D eigenvalue weighted by molar-refractivity contribution is 6.41. The number of anilines is 1. The van der Waals surface area contributed by atoms with Gasteiger partial charge in [-0.2, -0.15) is 5.26 Å². The van der Waals surface area contributed by atoms with Gasteiger partial charge in [0.1, 0.15) is 11.7 Å². The highest BCUT2D eigenvalue weighted by Gasteiger charge is 2.18. The third-order valence-electron chi connectivity index (χ3n) is 2.96. The minimum Gasteiger partial charge on any atom is -0.452 e. The largest absolute Gasteiger partial charge is 0.452 e. The third kappa shape index (κ3) is 4.44. The molecule has 2 rings (SSSR count). The van der Waals surface area contributed by atoms with Crippen LogP contribution in [0.15, 0.2) is 42.6 Å². The average Bonchev–Trinajstić information content (AvgIpc) is 2.60. The molecular formula is C16H11Cl2N3O3. The van der Waals surface area contributed by atoms with E-state index in [4.69, 9.17) is 33.2 Å². The standard InChI is InChI=1S/C16H11Cl2N3O3/c17-13-8-11(9-20-15(13)18)16(23)24-10-14(22)21(7-6-19)12-4-2-1-3-5-12/h1-5,8-9H,7,10H2. The molecule has 2 aromatic rings. The summed E-state index contributed by atoms with van der Waals surface area (Å²) in [7, 11) is 0. The van der Waals surface area contributed by atoms with Crippen LogP contribution >= 0.6 is 23.2 Å². The van der Waals surface area contributed by atoms with Crippen molar-refractivity contribution in [3.8, 4) is 6.07 Å².